The minimum atomic E-state index is 0.253. The summed E-state index contributed by atoms with van der Waals surface area (Å²) in [5.41, 5.74) is 1.83. The van der Waals surface area contributed by atoms with E-state index in [0.717, 1.165) is 32.8 Å². The van der Waals surface area contributed by atoms with E-state index in [-0.39, 0.29) is 6.79 Å². The molecule has 0 bridgehead atoms. The Kier molecular flexibility index (Phi) is 3.63. The Bertz CT molecular complexity index is 819. The minimum Gasteiger partial charge on any atom is -0.489 e. The van der Waals surface area contributed by atoms with E-state index in [1.807, 2.05) is 36.4 Å². The van der Waals surface area contributed by atoms with Crippen LogP contribution in [0.3, 0.4) is 0 Å². The summed E-state index contributed by atoms with van der Waals surface area (Å²) in [5, 5.41) is 7.53. The zero-order chi connectivity index (χ0) is 15.6. The molecule has 2 aromatic carbocycles. The lowest BCUT2D eigenvalue weighted by atomic mass is 10.2. The molecule has 0 spiro atoms. The average Bonchev–Trinajstić information content (AvgIpc) is 3.24. The first-order valence-corrected chi connectivity index (χ1v) is 7.66. The van der Waals surface area contributed by atoms with Crippen molar-refractivity contribution in [3.8, 4) is 28.7 Å². The van der Waals surface area contributed by atoms with Gasteiger partial charge in [-0.25, -0.2) is 0 Å². The molecule has 0 atom stereocenters. The van der Waals surface area contributed by atoms with Gasteiger partial charge >= 0.3 is 0 Å². The lowest BCUT2D eigenvalue weighted by Crippen LogP contribution is -1.97. The van der Waals surface area contributed by atoms with Crippen LogP contribution in [0.25, 0.3) is 11.5 Å². The Balaban J connectivity index is 1.47. The number of ether oxygens (including phenoxy) is 3. The predicted molar refractivity (Wildman–Crippen MR) is 84.3 cm³/mol. The van der Waals surface area contributed by atoms with Gasteiger partial charge in [0.25, 0.3) is 0 Å². The fourth-order valence-corrected chi connectivity index (χ4v) is 2.66. The maximum atomic E-state index is 5.81. The summed E-state index contributed by atoms with van der Waals surface area (Å²) in [6.45, 7) is 0.667. The molecule has 0 fully saturated rings. The zero-order valence-corrected chi connectivity index (χ0v) is 13.4. The highest BCUT2D eigenvalue weighted by Crippen LogP contribution is 2.37. The van der Waals surface area contributed by atoms with Crippen LogP contribution in [0.1, 0.15) is 5.56 Å². The summed E-state index contributed by atoms with van der Waals surface area (Å²) in [6.07, 6.45) is 1.30. The molecule has 2 heterocycles. The molecule has 0 radical (unpaired) electrons. The normalized spacial score (nSPS) is 12.4. The molecule has 0 N–H and O–H groups in total. The summed E-state index contributed by atoms with van der Waals surface area (Å²) in [4.78, 5) is 0. The van der Waals surface area contributed by atoms with E-state index in [4.69, 9.17) is 18.6 Å². The molecule has 6 nitrogen and oxygen atoms in total. The molecule has 1 aliphatic rings. The summed E-state index contributed by atoms with van der Waals surface area (Å²) < 4.78 is 22.6. The smallest absolute Gasteiger partial charge is 0.247 e. The largest absolute Gasteiger partial charge is 0.489 e. The average molecular weight is 375 g/mol. The van der Waals surface area contributed by atoms with E-state index in [9.17, 15) is 0 Å². The van der Waals surface area contributed by atoms with Crippen molar-refractivity contribution < 1.29 is 18.6 Å². The van der Waals surface area contributed by atoms with Crippen molar-refractivity contribution in [1.29, 1.82) is 0 Å². The maximum absolute atomic E-state index is 5.81. The number of nitrogens with zero attached hydrogens (tertiary/aromatic N) is 2. The summed E-state index contributed by atoms with van der Waals surface area (Å²) in [5.74, 6) is 2.70. The SMILES string of the molecule is Brc1cc2c(cc1COc1ccc(-c3nnco3)cc1)OCO2. The van der Waals surface area contributed by atoms with Crippen molar-refractivity contribution in [2.24, 2.45) is 0 Å². The third-order valence-corrected chi connectivity index (χ3v) is 4.14. The summed E-state index contributed by atoms with van der Waals surface area (Å²) in [7, 11) is 0. The molecule has 0 amide bonds. The fourth-order valence-electron chi connectivity index (χ4n) is 2.22. The standard InChI is InChI=1S/C16H11BrN2O4/c17-13-6-15-14(22-9-23-15)5-11(13)7-20-12-3-1-10(2-4-12)16-19-18-8-21-16/h1-6,8H,7,9H2. The van der Waals surface area contributed by atoms with E-state index in [1.54, 1.807) is 0 Å². The molecule has 0 saturated carbocycles. The number of halogens is 1. The van der Waals surface area contributed by atoms with E-state index in [1.165, 1.54) is 6.39 Å². The number of benzene rings is 2. The monoisotopic (exact) mass is 374 g/mol. The van der Waals surface area contributed by atoms with Gasteiger partial charge in [-0.1, -0.05) is 15.9 Å². The molecule has 0 unspecified atom stereocenters. The van der Waals surface area contributed by atoms with Crippen LogP contribution >= 0.6 is 15.9 Å². The zero-order valence-electron chi connectivity index (χ0n) is 11.9. The first-order chi connectivity index (χ1) is 11.3. The Morgan fingerprint density at radius 3 is 2.61 bits per heavy atom. The van der Waals surface area contributed by atoms with Crippen molar-refractivity contribution in [3.05, 3.63) is 52.8 Å². The van der Waals surface area contributed by atoms with E-state index in [2.05, 4.69) is 26.1 Å². The van der Waals surface area contributed by atoms with E-state index < -0.39 is 0 Å². The van der Waals surface area contributed by atoms with Crippen molar-refractivity contribution in [1.82, 2.24) is 10.2 Å². The molecule has 7 heteroatoms. The summed E-state index contributed by atoms with van der Waals surface area (Å²) in [6, 6.07) is 11.3. The second-order valence-corrected chi connectivity index (χ2v) is 5.71. The number of fused-ring (bicyclic) bond motifs is 1. The van der Waals surface area contributed by atoms with Crippen molar-refractivity contribution in [2.45, 2.75) is 6.61 Å². The highest BCUT2D eigenvalue weighted by molar-refractivity contribution is 9.10. The molecule has 3 aromatic rings. The van der Waals surface area contributed by atoms with Crippen LogP contribution in [0.15, 0.2) is 51.7 Å². The van der Waals surface area contributed by atoms with Gasteiger partial charge in [0.2, 0.25) is 19.1 Å². The molecular formula is C16H11BrN2O4. The minimum absolute atomic E-state index is 0.253. The van der Waals surface area contributed by atoms with Gasteiger partial charge in [0.05, 0.1) is 0 Å². The van der Waals surface area contributed by atoms with Crippen LogP contribution in [0, 0.1) is 0 Å². The lowest BCUT2D eigenvalue weighted by Gasteiger charge is -2.09. The topological polar surface area (TPSA) is 66.6 Å². The molecule has 0 saturated heterocycles. The first-order valence-electron chi connectivity index (χ1n) is 6.87. The van der Waals surface area contributed by atoms with E-state index >= 15 is 0 Å². The van der Waals surface area contributed by atoms with E-state index in [0.29, 0.717) is 12.5 Å². The van der Waals surface area contributed by atoms with Crippen LogP contribution in [0.2, 0.25) is 0 Å². The first kappa shape index (κ1) is 14.1. The van der Waals surface area contributed by atoms with Gasteiger partial charge in [-0.2, -0.15) is 0 Å². The molecular weight excluding hydrogens is 364 g/mol. The molecule has 1 aromatic heterocycles. The number of rotatable bonds is 4. The second-order valence-electron chi connectivity index (χ2n) is 4.85. The Labute approximate surface area is 140 Å². The van der Waals surface area contributed by atoms with Gasteiger partial charge in [0.15, 0.2) is 11.5 Å². The van der Waals surface area contributed by atoms with Crippen LogP contribution < -0.4 is 14.2 Å². The van der Waals surface area contributed by atoms with Gasteiger partial charge in [-0.05, 0) is 36.4 Å². The van der Waals surface area contributed by atoms with Gasteiger partial charge in [-0.3, -0.25) is 0 Å². The lowest BCUT2D eigenvalue weighted by molar-refractivity contribution is 0.174. The van der Waals surface area contributed by atoms with Crippen LogP contribution in [0.4, 0.5) is 0 Å². The van der Waals surface area contributed by atoms with Crippen molar-refractivity contribution >= 4 is 15.9 Å². The molecule has 1 aliphatic heterocycles. The Morgan fingerprint density at radius 2 is 1.87 bits per heavy atom. The Morgan fingerprint density at radius 1 is 1.09 bits per heavy atom. The van der Waals surface area contributed by atoms with Crippen molar-refractivity contribution in [2.75, 3.05) is 6.79 Å². The third-order valence-electron chi connectivity index (χ3n) is 3.40. The van der Waals surface area contributed by atoms with Gasteiger partial charge < -0.3 is 18.6 Å². The summed E-state index contributed by atoms with van der Waals surface area (Å²) >= 11 is 3.52. The van der Waals surface area contributed by atoms with Crippen LogP contribution in [-0.2, 0) is 6.61 Å². The third kappa shape index (κ3) is 2.87. The fraction of sp³-hybridized carbons (Fsp3) is 0.125. The van der Waals surface area contributed by atoms with Crippen molar-refractivity contribution in [3.63, 3.8) is 0 Å². The maximum Gasteiger partial charge on any atom is 0.247 e. The molecule has 4 rings (SSSR count). The highest BCUT2D eigenvalue weighted by Gasteiger charge is 2.16. The molecule has 116 valence electrons. The number of aromatic nitrogens is 2. The molecule has 23 heavy (non-hydrogen) atoms. The predicted octanol–water partition coefficient (Wildman–Crippen LogP) is 3.81. The Hall–Kier alpha value is -2.54. The van der Waals surface area contributed by atoms with Crippen LogP contribution in [0.5, 0.6) is 17.2 Å². The second kappa shape index (κ2) is 5.92. The van der Waals surface area contributed by atoms with Crippen LogP contribution in [-0.4, -0.2) is 17.0 Å². The molecule has 0 aliphatic carbocycles. The van der Waals surface area contributed by atoms with Gasteiger partial charge in [0.1, 0.15) is 12.4 Å². The quantitative estimate of drug-likeness (QED) is 0.691. The van der Waals surface area contributed by atoms with Gasteiger partial charge in [-0.15, -0.1) is 10.2 Å². The highest BCUT2D eigenvalue weighted by atomic mass is 79.9. The number of hydrogen-bond donors (Lipinski definition) is 0. The number of hydrogen-bond acceptors (Lipinski definition) is 6. The van der Waals surface area contributed by atoms with Gasteiger partial charge in [0, 0.05) is 15.6 Å².